The van der Waals surface area contributed by atoms with E-state index in [-0.39, 0.29) is 12.5 Å². The highest BCUT2D eigenvalue weighted by molar-refractivity contribution is 7.10. The Morgan fingerprint density at radius 2 is 2.35 bits per heavy atom. The fraction of sp³-hybridized carbons (Fsp3) is 0.167. The average Bonchev–Trinajstić information content (AvgIpc) is 3.04. The molecular weight excluding hydrogens is 280 g/mol. The monoisotopic (exact) mass is 292 g/mol. The number of carbonyl (C=O) groups excluding carboxylic acids is 1. The summed E-state index contributed by atoms with van der Waals surface area (Å²) < 4.78 is 1.43. The van der Waals surface area contributed by atoms with Gasteiger partial charge in [-0.15, -0.1) is 11.3 Å². The largest absolute Gasteiger partial charge is 0.478 e. The third-order valence-corrected chi connectivity index (χ3v) is 3.34. The van der Waals surface area contributed by atoms with Crippen molar-refractivity contribution in [3.63, 3.8) is 0 Å². The van der Waals surface area contributed by atoms with Gasteiger partial charge >= 0.3 is 5.97 Å². The van der Waals surface area contributed by atoms with Crippen LogP contribution >= 0.6 is 11.3 Å². The van der Waals surface area contributed by atoms with Gasteiger partial charge in [0, 0.05) is 11.0 Å². The lowest BCUT2D eigenvalue weighted by atomic mass is 10.2. The van der Waals surface area contributed by atoms with E-state index in [1.54, 1.807) is 0 Å². The SMILES string of the molecule is O=C(O)/C=C/c1ccsc1CNC(=O)Cn1cncn1. The molecule has 0 atom stereocenters. The van der Waals surface area contributed by atoms with Crippen LogP contribution < -0.4 is 5.32 Å². The maximum Gasteiger partial charge on any atom is 0.328 e. The summed E-state index contributed by atoms with van der Waals surface area (Å²) in [5.74, 6) is -1.19. The molecule has 2 N–H and O–H groups in total. The number of amides is 1. The first-order valence-electron chi connectivity index (χ1n) is 5.71. The normalized spacial score (nSPS) is 10.8. The molecule has 2 aromatic heterocycles. The van der Waals surface area contributed by atoms with Crippen molar-refractivity contribution in [3.8, 4) is 0 Å². The zero-order valence-electron chi connectivity index (χ0n) is 10.4. The van der Waals surface area contributed by atoms with Crippen LogP contribution in [0.25, 0.3) is 6.08 Å². The van der Waals surface area contributed by atoms with Gasteiger partial charge in [-0.05, 0) is 23.1 Å². The van der Waals surface area contributed by atoms with Crippen molar-refractivity contribution in [1.82, 2.24) is 20.1 Å². The number of nitrogens with zero attached hydrogens (tertiary/aromatic N) is 3. The Balaban J connectivity index is 1.89. The van der Waals surface area contributed by atoms with Crippen molar-refractivity contribution in [1.29, 1.82) is 0 Å². The standard InChI is InChI=1S/C12H12N4O3S/c17-11(6-16-8-13-7-15-16)14-5-10-9(3-4-20-10)1-2-12(18)19/h1-4,7-8H,5-6H2,(H,14,17)(H,18,19)/b2-1+. The molecule has 0 aliphatic heterocycles. The second-order valence-electron chi connectivity index (χ2n) is 3.84. The number of nitrogens with one attached hydrogen (secondary N) is 1. The molecule has 0 aliphatic carbocycles. The van der Waals surface area contributed by atoms with E-state index in [1.165, 1.54) is 34.7 Å². The number of aromatic nitrogens is 3. The second kappa shape index (κ2) is 6.62. The summed E-state index contributed by atoms with van der Waals surface area (Å²) in [4.78, 5) is 26.8. The molecule has 7 nitrogen and oxygen atoms in total. The molecule has 0 saturated heterocycles. The smallest absolute Gasteiger partial charge is 0.328 e. The van der Waals surface area contributed by atoms with E-state index in [9.17, 15) is 9.59 Å². The molecule has 0 aliphatic rings. The summed E-state index contributed by atoms with van der Waals surface area (Å²) in [6, 6.07) is 1.81. The van der Waals surface area contributed by atoms with Gasteiger partial charge in [-0.1, -0.05) is 0 Å². The van der Waals surface area contributed by atoms with Gasteiger partial charge < -0.3 is 10.4 Å². The van der Waals surface area contributed by atoms with Gasteiger partial charge in [0.2, 0.25) is 5.91 Å². The zero-order chi connectivity index (χ0) is 14.4. The van der Waals surface area contributed by atoms with E-state index >= 15 is 0 Å². The summed E-state index contributed by atoms with van der Waals surface area (Å²) in [6.07, 6.45) is 5.41. The van der Waals surface area contributed by atoms with Gasteiger partial charge in [0.25, 0.3) is 0 Å². The van der Waals surface area contributed by atoms with Crippen molar-refractivity contribution in [2.45, 2.75) is 13.1 Å². The molecule has 104 valence electrons. The highest BCUT2D eigenvalue weighted by Crippen LogP contribution is 2.18. The number of thiophene rings is 1. The first kappa shape index (κ1) is 13.9. The Hall–Kier alpha value is -2.48. The van der Waals surface area contributed by atoms with Crippen LogP contribution in [0.3, 0.4) is 0 Å². The molecule has 2 aromatic rings. The Morgan fingerprint density at radius 3 is 3.05 bits per heavy atom. The molecule has 2 heterocycles. The molecule has 2 rings (SSSR count). The van der Waals surface area contributed by atoms with Gasteiger partial charge in [0.05, 0.1) is 6.54 Å². The van der Waals surface area contributed by atoms with Crippen molar-refractivity contribution < 1.29 is 14.7 Å². The lowest BCUT2D eigenvalue weighted by Crippen LogP contribution is -2.27. The molecule has 0 aromatic carbocycles. The predicted octanol–water partition coefficient (Wildman–Crippen LogP) is 0.754. The first-order valence-corrected chi connectivity index (χ1v) is 6.59. The van der Waals surface area contributed by atoms with E-state index in [2.05, 4.69) is 15.4 Å². The van der Waals surface area contributed by atoms with Gasteiger partial charge in [-0.3, -0.25) is 4.79 Å². The molecule has 0 saturated carbocycles. The van der Waals surface area contributed by atoms with Gasteiger partial charge in [-0.2, -0.15) is 5.10 Å². The summed E-state index contributed by atoms with van der Waals surface area (Å²) in [5.41, 5.74) is 0.790. The summed E-state index contributed by atoms with van der Waals surface area (Å²) in [5, 5.41) is 17.0. The third kappa shape index (κ3) is 4.02. The van der Waals surface area contributed by atoms with E-state index in [0.29, 0.717) is 6.54 Å². The van der Waals surface area contributed by atoms with E-state index in [4.69, 9.17) is 5.11 Å². The van der Waals surface area contributed by atoms with Gasteiger partial charge in [-0.25, -0.2) is 14.5 Å². The van der Waals surface area contributed by atoms with Crippen LogP contribution in [0.2, 0.25) is 0 Å². The Labute approximate surface area is 118 Å². The number of carboxylic acids is 1. The summed E-state index contributed by atoms with van der Waals surface area (Å²) in [6.45, 7) is 0.455. The number of hydrogen-bond donors (Lipinski definition) is 2. The number of rotatable bonds is 6. The van der Waals surface area contributed by atoms with E-state index in [0.717, 1.165) is 16.5 Å². The summed E-state index contributed by atoms with van der Waals surface area (Å²) in [7, 11) is 0. The molecule has 8 heteroatoms. The van der Waals surface area contributed by atoms with Crippen molar-refractivity contribution in [3.05, 3.63) is 40.6 Å². The lowest BCUT2D eigenvalue weighted by molar-refractivity contribution is -0.131. The predicted molar refractivity (Wildman–Crippen MR) is 72.9 cm³/mol. The molecule has 0 bridgehead atoms. The minimum Gasteiger partial charge on any atom is -0.478 e. The number of carboxylic acid groups (broad SMARTS) is 1. The highest BCUT2D eigenvalue weighted by atomic mass is 32.1. The van der Waals surface area contributed by atoms with Crippen LogP contribution in [0.4, 0.5) is 0 Å². The second-order valence-corrected chi connectivity index (χ2v) is 4.84. The maximum absolute atomic E-state index is 11.7. The minimum absolute atomic E-state index is 0.103. The maximum atomic E-state index is 11.7. The molecule has 0 radical (unpaired) electrons. The van der Waals surface area contributed by atoms with Gasteiger partial charge in [0.1, 0.15) is 19.2 Å². The van der Waals surface area contributed by atoms with Crippen LogP contribution in [0.1, 0.15) is 10.4 Å². The van der Waals surface area contributed by atoms with Gasteiger partial charge in [0.15, 0.2) is 0 Å². The molecule has 0 spiro atoms. The minimum atomic E-state index is -1.00. The fourth-order valence-electron chi connectivity index (χ4n) is 1.50. The molecule has 0 unspecified atom stereocenters. The number of hydrogen-bond acceptors (Lipinski definition) is 5. The Bertz CT molecular complexity index is 618. The molecule has 1 amide bonds. The fourth-order valence-corrected chi connectivity index (χ4v) is 2.31. The van der Waals surface area contributed by atoms with Crippen LogP contribution in [-0.2, 0) is 22.7 Å². The van der Waals surface area contributed by atoms with Crippen LogP contribution in [0, 0.1) is 0 Å². The van der Waals surface area contributed by atoms with Crippen molar-refractivity contribution in [2.24, 2.45) is 0 Å². The number of carbonyl (C=O) groups is 2. The first-order chi connectivity index (χ1) is 9.65. The quantitative estimate of drug-likeness (QED) is 0.766. The van der Waals surface area contributed by atoms with Crippen LogP contribution in [0.15, 0.2) is 30.2 Å². The molecule has 20 heavy (non-hydrogen) atoms. The third-order valence-electron chi connectivity index (χ3n) is 2.40. The van der Waals surface area contributed by atoms with E-state index < -0.39 is 5.97 Å². The Morgan fingerprint density at radius 1 is 1.50 bits per heavy atom. The molecular formula is C12H12N4O3S. The lowest BCUT2D eigenvalue weighted by Gasteiger charge is -2.04. The zero-order valence-corrected chi connectivity index (χ0v) is 11.2. The average molecular weight is 292 g/mol. The molecule has 0 fully saturated rings. The van der Waals surface area contributed by atoms with Crippen molar-refractivity contribution in [2.75, 3.05) is 0 Å². The Kier molecular flexibility index (Phi) is 4.61. The van der Waals surface area contributed by atoms with Crippen molar-refractivity contribution >= 4 is 29.3 Å². The summed E-state index contributed by atoms with van der Waals surface area (Å²) >= 11 is 1.46. The van der Waals surface area contributed by atoms with Crippen LogP contribution in [-0.4, -0.2) is 31.7 Å². The number of aliphatic carboxylic acids is 1. The highest BCUT2D eigenvalue weighted by Gasteiger charge is 2.06. The van der Waals surface area contributed by atoms with Crippen LogP contribution in [0.5, 0.6) is 0 Å². The van der Waals surface area contributed by atoms with E-state index in [1.807, 2.05) is 11.4 Å². The topological polar surface area (TPSA) is 97.1 Å².